The minimum Gasteiger partial charge on any atom is -0.384 e. The van der Waals surface area contributed by atoms with E-state index in [1.807, 2.05) is 39.9 Å². The predicted molar refractivity (Wildman–Crippen MR) is 109 cm³/mol. The van der Waals surface area contributed by atoms with Crippen LogP contribution in [0.4, 0.5) is 5.69 Å². The van der Waals surface area contributed by atoms with Gasteiger partial charge in [-0.05, 0) is 24.6 Å². The Morgan fingerprint density at radius 3 is 2.66 bits per heavy atom. The Morgan fingerprint density at radius 1 is 1.07 bits per heavy atom. The third-order valence-electron chi connectivity index (χ3n) is 5.33. The molecular weight excluding hydrogens is 370 g/mol. The quantitative estimate of drug-likeness (QED) is 0.833. The lowest BCUT2D eigenvalue weighted by Crippen LogP contribution is -2.41. The Bertz CT molecular complexity index is 888. The summed E-state index contributed by atoms with van der Waals surface area (Å²) in [5.41, 5.74) is 2.88. The zero-order chi connectivity index (χ0) is 20.2. The Hall–Kier alpha value is -2.87. The first-order valence-electron chi connectivity index (χ1n) is 10.2. The van der Waals surface area contributed by atoms with Gasteiger partial charge in [-0.15, -0.1) is 0 Å². The first-order valence-corrected chi connectivity index (χ1v) is 10.2. The minimum atomic E-state index is -0.0674. The second kappa shape index (κ2) is 8.65. The van der Waals surface area contributed by atoms with Gasteiger partial charge in [0.1, 0.15) is 0 Å². The van der Waals surface area contributed by atoms with Crippen molar-refractivity contribution in [1.82, 2.24) is 19.6 Å². The van der Waals surface area contributed by atoms with Crippen LogP contribution in [-0.2, 0) is 17.8 Å². The molecule has 0 saturated carbocycles. The molecule has 4 rings (SSSR count). The van der Waals surface area contributed by atoms with E-state index < -0.39 is 0 Å². The Morgan fingerprint density at radius 2 is 1.86 bits per heavy atom. The largest absolute Gasteiger partial charge is 0.384 e. The summed E-state index contributed by atoms with van der Waals surface area (Å²) in [6, 6.07) is 9.44. The van der Waals surface area contributed by atoms with Crippen LogP contribution >= 0.6 is 0 Å². The normalized spacial score (nSPS) is 16.4. The molecule has 0 atom stereocenters. The number of ether oxygens (including phenoxy) is 1. The second-order valence-electron chi connectivity index (χ2n) is 7.35. The highest BCUT2D eigenvalue weighted by molar-refractivity contribution is 5.99. The van der Waals surface area contributed by atoms with Crippen molar-refractivity contribution in [2.45, 2.75) is 26.4 Å². The van der Waals surface area contributed by atoms with Crippen molar-refractivity contribution in [3.8, 4) is 0 Å². The molecule has 2 amide bonds. The Kier molecular flexibility index (Phi) is 5.80. The van der Waals surface area contributed by atoms with Gasteiger partial charge in [0.2, 0.25) is 0 Å². The van der Waals surface area contributed by atoms with Crippen molar-refractivity contribution in [3.63, 3.8) is 0 Å². The van der Waals surface area contributed by atoms with E-state index in [0.717, 1.165) is 24.3 Å². The van der Waals surface area contributed by atoms with Crippen LogP contribution in [0.3, 0.4) is 0 Å². The number of carbonyl (C=O) groups excluding carboxylic acids is 2. The number of carbonyl (C=O) groups is 2. The highest BCUT2D eigenvalue weighted by Gasteiger charge is 2.27. The molecule has 1 saturated heterocycles. The number of hydrogen-bond acceptors (Lipinski definition) is 5. The minimum absolute atomic E-state index is 0.00212. The molecule has 0 bridgehead atoms. The number of anilines is 1. The molecule has 1 aromatic carbocycles. The second-order valence-corrected chi connectivity index (χ2v) is 7.35. The summed E-state index contributed by atoms with van der Waals surface area (Å²) in [6.07, 6.45) is 0.991. The molecule has 2 aromatic rings. The number of nitrogens with one attached hydrogen (secondary N) is 1. The lowest BCUT2D eigenvalue weighted by molar-refractivity contribution is 0.0298. The Balaban J connectivity index is 1.48. The standard InChI is InChI=1S/C21H27N5O3/c1-2-7-22-18-6-4-3-5-17(18)20(27)25-8-9-26-16(15-25)14-19(23-26)21(28)24-10-12-29-13-11-24/h3-6,14,22H,2,7-13,15H2,1H3. The van der Waals surface area contributed by atoms with Gasteiger partial charge in [0.25, 0.3) is 11.8 Å². The van der Waals surface area contributed by atoms with E-state index in [1.54, 1.807) is 4.90 Å². The zero-order valence-electron chi connectivity index (χ0n) is 16.8. The maximum Gasteiger partial charge on any atom is 0.274 e. The van der Waals surface area contributed by atoms with Gasteiger partial charge in [0.15, 0.2) is 5.69 Å². The summed E-state index contributed by atoms with van der Waals surface area (Å²) in [5.74, 6) is -0.0695. The first-order chi connectivity index (χ1) is 14.2. The summed E-state index contributed by atoms with van der Waals surface area (Å²) in [4.78, 5) is 29.5. The monoisotopic (exact) mass is 397 g/mol. The SMILES string of the molecule is CCCNc1ccccc1C(=O)N1CCn2nc(C(=O)N3CCOCC3)cc2C1. The van der Waals surface area contributed by atoms with Gasteiger partial charge in [0, 0.05) is 31.9 Å². The van der Waals surface area contributed by atoms with Crippen molar-refractivity contribution in [1.29, 1.82) is 0 Å². The summed E-state index contributed by atoms with van der Waals surface area (Å²) in [6.45, 7) is 6.83. The molecule has 0 unspecified atom stereocenters. The predicted octanol–water partition coefficient (Wildman–Crippen LogP) is 1.83. The maximum absolute atomic E-state index is 13.1. The summed E-state index contributed by atoms with van der Waals surface area (Å²) < 4.78 is 7.16. The third kappa shape index (κ3) is 4.12. The highest BCUT2D eigenvalue weighted by atomic mass is 16.5. The van der Waals surface area contributed by atoms with Crippen LogP contribution < -0.4 is 5.32 Å². The molecule has 8 nitrogen and oxygen atoms in total. The molecule has 0 spiro atoms. The van der Waals surface area contributed by atoms with Crippen LogP contribution in [0.5, 0.6) is 0 Å². The number of nitrogens with zero attached hydrogens (tertiary/aromatic N) is 4. The van der Waals surface area contributed by atoms with Gasteiger partial charge >= 0.3 is 0 Å². The molecule has 1 N–H and O–H groups in total. The molecule has 3 heterocycles. The van der Waals surface area contributed by atoms with Crippen molar-refractivity contribution in [3.05, 3.63) is 47.3 Å². The summed E-state index contributed by atoms with van der Waals surface area (Å²) in [7, 11) is 0. The van der Waals surface area contributed by atoms with Crippen molar-refractivity contribution >= 4 is 17.5 Å². The molecule has 8 heteroatoms. The number of rotatable bonds is 5. The van der Waals surface area contributed by atoms with Crippen molar-refractivity contribution in [2.24, 2.45) is 0 Å². The fourth-order valence-corrected chi connectivity index (χ4v) is 3.73. The molecule has 0 radical (unpaired) electrons. The average molecular weight is 397 g/mol. The van der Waals surface area contributed by atoms with Gasteiger partial charge in [-0.3, -0.25) is 14.3 Å². The number of amides is 2. The fraction of sp³-hybridized carbons (Fsp3) is 0.476. The zero-order valence-corrected chi connectivity index (χ0v) is 16.8. The topological polar surface area (TPSA) is 79.7 Å². The van der Waals surface area contributed by atoms with Gasteiger partial charge in [-0.1, -0.05) is 19.1 Å². The van der Waals surface area contributed by atoms with Crippen LogP contribution in [0.1, 0.15) is 39.9 Å². The lowest BCUT2D eigenvalue weighted by atomic mass is 10.1. The van der Waals surface area contributed by atoms with Crippen LogP contribution in [0.2, 0.25) is 0 Å². The van der Waals surface area contributed by atoms with Crippen LogP contribution in [0.15, 0.2) is 30.3 Å². The smallest absolute Gasteiger partial charge is 0.274 e. The van der Waals surface area contributed by atoms with Crippen molar-refractivity contribution in [2.75, 3.05) is 44.7 Å². The number of benzene rings is 1. The van der Waals surface area contributed by atoms with E-state index in [0.29, 0.717) is 57.2 Å². The Labute approximate surface area is 170 Å². The van der Waals surface area contributed by atoms with E-state index in [9.17, 15) is 9.59 Å². The van der Waals surface area contributed by atoms with E-state index in [1.165, 1.54) is 0 Å². The fourth-order valence-electron chi connectivity index (χ4n) is 3.73. The molecule has 2 aliphatic heterocycles. The molecule has 1 aromatic heterocycles. The van der Waals surface area contributed by atoms with E-state index in [4.69, 9.17) is 4.74 Å². The number of hydrogen-bond donors (Lipinski definition) is 1. The summed E-state index contributed by atoms with van der Waals surface area (Å²) >= 11 is 0. The maximum atomic E-state index is 13.1. The van der Waals surface area contributed by atoms with Crippen LogP contribution in [-0.4, -0.2) is 70.8 Å². The lowest BCUT2D eigenvalue weighted by Gasteiger charge is -2.28. The van der Waals surface area contributed by atoms with E-state index in [-0.39, 0.29) is 11.8 Å². The number of fused-ring (bicyclic) bond motifs is 1. The van der Waals surface area contributed by atoms with Gasteiger partial charge in [0.05, 0.1) is 37.6 Å². The highest BCUT2D eigenvalue weighted by Crippen LogP contribution is 2.21. The first kappa shape index (κ1) is 19.4. The molecule has 2 aliphatic rings. The van der Waals surface area contributed by atoms with Crippen LogP contribution in [0.25, 0.3) is 0 Å². The number of morpholine rings is 1. The molecule has 1 fully saturated rings. The third-order valence-corrected chi connectivity index (χ3v) is 5.33. The van der Waals surface area contributed by atoms with Gasteiger partial charge in [-0.25, -0.2) is 0 Å². The average Bonchev–Trinajstić information content (AvgIpc) is 3.21. The molecule has 29 heavy (non-hydrogen) atoms. The number of aromatic nitrogens is 2. The van der Waals surface area contributed by atoms with E-state index >= 15 is 0 Å². The van der Waals surface area contributed by atoms with E-state index in [2.05, 4.69) is 17.3 Å². The van der Waals surface area contributed by atoms with Crippen LogP contribution in [0, 0.1) is 0 Å². The van der Waals surface area contributed by atoms with Gasteiger partial charge in [-0.2, -0.15) is 5.10 Å². The molecule has 154 valence electrons. The van der Waals surface area contributed by atoms with Crippen molar-refractivity contribution < 1.29 is 14.3 Å². The van der Waals surface area contributed by atoms with Gasteiger partial charge < -0.3 is 19.9 Å². The molecule has 0 aliphatic carbocycles. The molecular formula is C21H27N5O3. The number of para-hydroxylation sites is 1. The summed E-state index contributed by atoms with van der Waals surface area (Å²) in [5, 5.41) is 7.82.